The van der Waals surface area contributed by atoms with Crippen molar-refractivity contribution in [2.24, 2.45) is 0 Å². The highest BCUT2D eigenvalue weighted by molar-refractivity contribution is 5.37. The highest BCUT2D eigenvalue weighted by Crippen LogP contribution is 2.08. The number of aromatic nitrogens is 2. The molecule has 0 bridgehead atoms. The predicted octanol–water partition coefficient (Wildman–Crippen LogP) is 0.656. The average Bonchev–Trinajstić information content (AvgIpc) is 2.33. The summed E-state index contributed by atoms with van der Waals surface area (Å²) in [6, 6.07) is 3.92. The standard InChI is InChI=1S/C7H6N4/c1-5-6(4-9)7(2-3-8)11-10-5/h2H2,1H3,(H,10,11). The normalized spacial score (nSPS) is 8.64. The molecular formula is C7H6N4. The monoisotopic (exact) mass is 146 g/mol. The third-order valence-corrected chi connectivity index (χ3v) is 1.38. The van der Waals surface area contributed by atoms with Crippen molar-refractivity contribution >= 4 is 0 Å². The lowest BCUT2D eigenvalue weighted by molar-refractivity contribution is 0.993. The first kappa shape index (κ1) is 7.30. The van der Waals surface area contributed by atoms with Crippen LogP contribution in [0.1, 0.15) is 17.0 Å². The predicted molar refractivity (Wildman–Crippen MR) is 37.4 cm³/mol. The van der Waals surface area contributed by atoms with Gasteiger partial charge in [-0.15, -0.1) is 0 Å². The summed E-state index contributed by atoms with van der Waals surface area (Å²) in [5, 5.41) is 23.4. The molecule has 4 nitrogen and oxygen atoms in total. The minimum absolute atomic E-state index is 0.188. The zero-order chi connectivity index (χ0) is 8.27. The fraction of sp³-hybridized carbons (Fsp3) is 0.286. The van der Waals surface area contributed by atoms with Crippen LogP contribution in [0.5, 0.6) is 0 Å². The number of aromatic amines is 1. The molecule has 0 amide bonds. The second-order valence-electron chi connectivity index (χ2n) is 2.12. The minimum atomic E-state index is 0.188. The van der Waals surface area contributed by atoms with Gasteiger partial charge in [-0.2, -0.15) is 15.6 Å². The SMILES string of the molecule is Cc1[nH]nc(CC#N)c1C#N. The van der Waals surface area contributed by atoms with E-state index < -0.39 is 0 Å². The second kappa shape index (κ2) is 2.85. The quantitative estimate of drug-likeness (QED) is 0.632. The molecule has 0 aromatic carbocycles. The lowest BCUT2D eigenvalue weighted by Crippen LogP contribution is -1.85. The van der Waals surface area contributed by atoms with Crippen molar-refractivity contribution in [3.63, 3.8) is 0 Å². The van der Waals surface area contributed by atoms with Crippen LogP contribution in [0.25, 0.3) is 0 Å². The number of nitrogens with zero attached hydrogens (tertiary/aromatic N) is 3. The van der Waals surface area contributed by atoms with E-state index in [-0.39, 0.29) is 6.42 Å². The molecule has 0 radical (unpaired) electrons. The van der Waals surface area contributed by atoms with Crippen LogP contribution in [-0.4, -0.2) is 10.2 Å². The van der Waals surface area contributed by atoms with Gasteiger partial charge in [0, 0.05) is 0 Å². The smallest absolute Gasteiger partial charge is 0.103 e. The highest BCUT2D eigenvalue weighted by atomic mass is 15.1. The van der Waals surface area contributed by atoms with E-state index in [1.165, 1.54) is 0 Å². The van der Waals surface area contributed by atoms with Crippen molar-refractivity contribution in [2.45, 2.75) is 13.3 Å². The van der Waals surface area contributed by atoms with Gasteiger partial charge in [0.25, 0.3) is 0 Å². The molecule has 11 heavy (non-hydrogen) atoms. The van der Waals surface area contributed by atoms with Crippen LogP contribution in [-0.2, 0) is 6.42 Å². The van der Waals surface area contributed by atoms with E-state index in [0.717, 1.165) is 5.69 Å². The molecule has 1 aromatic rings. The molecule has 0 atom stereocenters. The van der Waals surface area contributed by atoms with Gasteiger partial charge >= 0.3 is 0 Å². The third kappa shape index (κ3) is 1.20. The van der Waals surface area contributed by atoms with E-state index in [0.29, 0.717) is 11.3 Å². The average molecular weight is 146 g/mol. The van der Waals surface area contributed by atoms with E-state index in [4.69, 9.17) is 10.5 Å². The van der Waals surface area contributed by atoms with Gasteiger partial charge in [-0.3, -0.25) is 5.10 Å². The molecule has 0 saturated heterocycles. The molecule has 54 valence electrons. The molecule has 0 aliphatic heterocycles. The molecule has 1 N–H and O–H groups in total. The molecule has 0 fully saturated rings. The van der Waals surface area contributed by atoms with Crippen molar-refractivity contribution in [3.05, 3.63) is 17.0 Å². The van der Waals surface area contributed by atoms with Crippen LogP contribution in [0.15, 0.2) is 0 Å². The minimum Gasteiger partial charge on any atom is -0.281 e. The molecule has 0 spiro atoms. The van der Waals surface area contributed by atoms with Gasteiger partial charge < -0.3 is 0 Å². The maximum absolute atomic E-state index is 8.60. The maximum Gasteiger partial charge on any atom is 0.103 e. The Balaban J connectivity index is 3.10. The molecule has 1 heterocycles. The van der Waals surface area contributed by atoms with Gasteiger partial charge in [0.2, 0.25) is 0 Å². The second-order valence-corrected chi connectivity index (χ2v) is 2.12. The van der Waals surface area contributed by atoms with E-state index in [2.05, 4.69) is 10.2 Å². The van der Waals surface area contributed by atoms with Crippen LogP contribution < -0.4 is 0 Å². The first-order chi connectivity index (χ1) is 5.29. The molecule has 0 unspecified atom stereocenters. The van der Waals surface area contributed by atoms with Gasteiger partial charge in [-0.1, -0.05) is 0 Å². The van der Waals surface area contributed by atoms with Gasteiger partial charge in [0.1, 0.15) is 6.07 Å². The summed E-state index contributed by atoms with van der Waals surface area (Å²) in [5.41, 5.74) is 1.75. The molecular weight excluding hydrogens is 140 g/mol. The zero-order valence-corrected chi connectivity index (χ0v) is 6.05. The summed E-state index contributed by atoms with van der Waals surface area (Å²) < 4.78 is 0. The van der Waals surface area contributed by atoms with E-state index in [1.54, 1.807) is 6.92 Å². The number of hydrogen-bond donors (Lipinski definition) is 1. The number of rotatable bonds is 1. The Labute approximate surface area is 64.1 Å². The Morgan fingerprint density at radius 1 is 1.55 bits per heavy atom. The van der Waals surface area contributed by atoms with Gasteiger partial charge in [-0.25, -0.2) is 0 Å². The summed E-state index contributed by atoms with van der Waals surface area (Å²) in [6.45, 7) is 1.76. The Morgan fingerprint density at radius 2 is 2.27 bits per heavy atom. The van der Waals surface area contributed by atoms with Crippen molar-refractivity contribution in [3.8, 4) is 12.1 Å². The summed E-state index contributed by atoms with van der Waals surface area (Å²) >= 11 is 0. The van der Waals surface area contributed by atoms with Crippen molar-refractivity contribution in [1.29, 1.82) is 10.5 Å². The van der Waals surface area contributed by atoms with Gasteiger partial charge in [-0.05, 0) is 6.92 Å². The fourth-order valence-electron chi connectivity index (χ4n) is 0.831. The molecule has 0 aliphatic carbocycles. The van der Waals surface area contributed by atoms with Crippen molar-refractivity contribution in [1.82, 2.24) is 10.2 Å². The van der Waals surface area contributed by atoms with Gasteiger partial charge in [0.15, 0.2) is 0 Å². The van der Waals surface area contributed by atoms with Gasteiger partial charge in [0.05, 0.1) is 29.4 Å². The van der Waals surface area contributed by atoms with Crippen LogP contribution in [0.3, 0.4) is 0 Å². The summed E-state index contributed by atoms with van der Waals surface area (Å²) in [7, 11) is 0. The number of aryl methyl sites for hydroxylation is 1. The Bertz CT molecular complexity index is 336. The lowest BCUT2D eigenvalue weighted by Gasteiger charge is -1.84. The highest BCUT2D eigenvalue weighted by Gasteiger charge is 2.07. The van der Waals surface area contributed by atoms with Crippen LogP contribution >= 0.6 is 0 Å². The number of nitrogens with one attached hydrogen (secondary N) is 1. The summed E-state index contributed by atoms with van der Waals surface area (Å²) in [5.74, 6) is 0. The molecule has 4 heteroatoms. The third-order valence-electron chi connectivity index (χ3n) is 1.38. The van der Waals surface area contributed by atoms with Crippen molar-refractivity contribution < 1.29 is 0 Å². The summed E-state index contributed by atoms with van der Waals surface area (Å²) in [4.78, 5) is 0. The van der Waals surface area contributed by atoms with E-state index in [9.17, 15) is 0 Å². The van der Waals surface area contributed by atoms with Crippen molar-refractivity contribution in [2.75, 3.05) is 0 Å². The van der Waals surface area contributed by atoms with E-state index >= 15 is 0 Å². The first-order valence-corrected chi connectivity index (χ1v) is 3.10. The Hall–Kier alpha value is -1.81. The van der Waals surface area contributed by atoms with Crippen LogP contribution in [0.2, 0.25) is 0 Å². The summed E-state index contributed by atoms with van der Waals surface area (Å²) in [6.07, 6.45) is 0.188. The largest absolute Gasteiger partial charge is 0.281 e. The fourth-order valence-corrected chi connectivity index (χ4v) is 0.831. The number of H-pyrrole nitrogens is 1. The number of hydrogen-bond acceptors (Lipinski definition) is 3. The first-order valence-electron chi connectivity index (χ1n) is 3.10. The zero-order valence-electron chi connectivity index (χ0n) is 6.05. The van der Waals surface area contributed by atoms with Crippen LogP contribution in [0.4, 0.5) is 0 Å². The van der Waals surface area contributed by atoms with E-state index in [1.807, 2.05) is 12.1 Å². The Morgan fingerprint density at radius 3 is 2.82 bits per heavy atom. The Kier molecular flexibility index (Phi) is 1.89. The lowest BCUT2D eigenvalue weighted by atomic mass is 10.2. The molecule has 1 rings (SSSR count). The molecule has 0 saturated carbocycles. The molecule has 1 aromatic heterocycles. The maximum atomic E-state index is 8.60. The number of nitriles is 2. The molecule has 0 aliphatic rings. The van der Waals surface area contributed by atoms with Crippen LogP contribution in [0, 0.1) is 29.6 Å². The topological polar surface area (TPSA) is 76.3 Å².